The molecule has 9 nitrogen and oxygen atoms in total. The van der Waals surface area contributed by atoms with Gasteiger partial charge in [0, 0.05) is 49.7 Å². The number of nitrogens with one attached hydrogen (secondary N) is 1. The van der Waals surface area contributed by atoms with Crippen molar-refractivity contribution in [1.82, 2.24) is 25.0 Å². The van der Waals surface area contributed by atoms with Crippen molar-refractivity contribution in [2.75, 3.05) is 26.2 Å². The fraction of sp³-hybridized carbons (Fsp3) is 0.160. The molecule has 4 aromatic rings. The number of carbonyl (C=O) groups excluding carboxylic acids is 2. The molecule has 0 spiro atoms. The minimum Gasteiger partial charge on any atom is -0.437 e. The summed E-state index contributed by atoms with van der Waals surface area (Å²) in [5.74, 6) is 0.483. The fourth-order valence-electron chi connectivity index (χ4n) is 3.94. The van der Waals surface area contributed by atoms with Crippen molar-refractivity contribution in [3.63, 3.8) is 0 Å². The molecule has 2 aromatic carbocycles. The van der Waals surface area contributed by atoms with Crippen LogP contribution in [0.3, 0.4) is 0 Å². The minimum absolute atomic E-state index is 0.0643. The molecule has 1 saturated heterocycles. The highest BCUT2D eigenvalue weighted by Gasteiger charge is 2.25. The zero-order chi connectivity index (χ0) is 23.5. The predicted octanol–water partition coefficient (Wildman–Crippen LogP) is 2.71. The number of amides is 2. The molecule has 1 aliphatic rings. The first-order chi connectivity index (χ1) is 16.6. The number of pyridine rings is 1. The van der Waals surface area contributed by atoms with E-state index in [2.05, 4.69) is 15.2 Å². The molecular weight excluding hydrogens is 434 g/mol. The Labute approximate surface area is 194 Å². The van der Waals surface area contributed by atoms with Crippen molar-refractivity contribution >= 4 is 22.6 Å². The number of carbonyl (C=O) groups is 2. The van der Waals surface area contributed by atoms with E-state index in [1.165, 1.54) is 0 Å². The average Bonchev–Trinajstić information content (AvgIpc) is 2.90. The summed E-state index contributed by atoms with van der Waals surface area (Å²) in [5.41, 5.74) is 0.761. The number of piperazine rings is 1. The Kier molecular flexibility index (Phi) is 5.73. The Morgan fingerprint density at radius 3 is 2.15 bits per heavy atom. The summed E-state index contributed by atoms with van der Waals surface area (Å²) in [7, 11) is 0. The van der Waals surface area contributed by atoms with E-state index in [0.29, 0.717) is 53.8 Å². The quantitative estimate of drug-likeness (QED) is 0.507. The second-order valence-corrected chi connectivity index (χ2v) is 7.85. The lowest BCUT2D eigenvalue weighted by molar-refractivity contribution is 0.0535. The lowest BCUT2D eigenvalue weighted by Gasteiger charge is -2.34. The molecule has 0 radical (unpaired) electrons. The van der Waals surface area contributed by atoms with Gasteiger partial charge in [0.2, 0.25) is 5.88 Å². The van der Waals surface area contributed by atoms with Crippen LogP contribution in [0.2, 0.25) is 0 Å². The van der Waals surface area contributed by atoms with E-state index in [4.69, 9.17) is 4.74 Å². The van der Waals surface area contributed by atoms with Crippen LogP contribution >= 0.6 is 0 Å². The maximum Gasteiger partial charge on any atom is 0.272 e. The average molecular weight is 455 g/mol. The van der Waals surface area contributed by atoms with E-state index >= 15 is 0 Å². The largest absolute Gasteiger partial charge is 0.437 e. The molecule has 1 N–H and O–H groups in total. The third-order valence-electron chi connectivity index (χ3n) is 5.74. The van der Waals surface area contributed by atoms with Crippen molar-refractivity contribution in [2.24, 2.45) is 0 Å². The molecule has 0 aliphatic carbocycles. The summed E-state index contributed by atoms with van der Waals surface area (Å²) in [6.45, 7) is 1.78. The molecule has 0 bridgehead atoms. The van der Waals surface area contributed by atoms with Gasteiger partial charge in [-0.3, -0.25) is 19.4 Å². The Bertz CT molecular complexity index is 1410. The van der Waals surface area contributed by atoms with Crippen molar-refractivity contribution < 1.29 is 14.3 Å². The van der Waals surface area contributed by atoms with Crippen LogP contribution in [0.5, 0.6) is 11.6 Å². The number of ether oxygens (including phenoxy) is 1. The van der Waals surface area contributed by atoms with Crippen LogP contribution in [0.4, 0.5) is 0 Å². The van der Waals surface area contributed by atoms with E-state index in [0.717, 1.165) is 0 Å². The third kappa shape index (κ3) is 4.23. The van der Waals surface area contributed by atoms with Crippen molar-refractivity contribution in [3.05, 3.63) is 94.5 Å². The number of aromatic nitrogens is 3. The van der Waals surface area contributed by atoms with Gasteiger partial charge in [-0.05, 0) is 42.5 Å². The molecule has 3 heterocycles. The second kappa shape index (κ2) is 9.14. The van der Waals surface area contributed by atoms with Crippen LogP contribution in [-0.4, -0.2) is 63.0 Å². The second-order valence-electron chi connectivity index (χ2n) is 7.85. The van der Waals surface area contributed by atoms with Gasteiger partial charge < -0.3 is 14.5 Å². The molecule has 0 unspecified atom stereocenters. The number of hydrogen-bond donors (Lipinski definition) is 1. The number of aromatic amines is 1. The van der Waals surface area contributed by atoms with Gasteiger partial charge in [0.1, 0.15) is 5.75 Å². The normalized spacial score (nSPS) is 13.6. The molecule has 34 heavy (non-hydrogen) atoms. The van der Waals surface area contributed by atoms with E-state index < -0.39 is 0 Å². The van der Waals surface area contributed by atoms with Crippen LogP contribution in [0.25, 0.3) is 10.8 Å². The number of hydrogen-bond acceptors (Lipinski definition) is 6. The van der Waals surface area contributed by atoms with Gasteiger partial charge in [-0.25, -0.2) is 5.10 Å². The number of nitrogens with zero attached hydrogens (tertiary/aromatic N) is 4. The molecule has 170 valence electrons. The van der Waals surface area contributed by atoms with Gasteiger partial charge in [-0.2, -0.15) is 0 Å². The molecule has 2 aromatic heterocycles. The topological polar surface area (TPSA) is 108 Å². The van der Waals surface area contributed by atoms with Crippen molar-refractivity contribution in [3.8, 4) is 11.6 Å². The first kappa shape index (κ1) is 21.3. The first-order valence-electron chi connectivity index (χ1n) is 10.8. The van der Waals surface area contributed by atoms with Crippen LogP contribution < -0.4 is 10.3 Å². The fourth-order valence-corrected chi connectivity index (χ4v) is 3.94. The predicted molar refractivity (Wildman–Crippen MR) is 125 cm³/mol. The zero-order valence-electron chi connectivity index (χ0n) is 18.2. The van der Waals surface area contributed by atoms with Crippen LogP contribution in [-0.2, 0) is 0 Å². The summed E-state index contributed by atoms with van der Waals surface area (Å²) in [6, 6.07) is 17.2. The number of benzene rings is 2. The lowest BCUT2D eigenvalue weighted by Crippen LogP contribution is -2.50. The zero-order valence-corrected chi connectivity index (χ0v) is 18.2. The Balaban J connectivity index is 1.28. The highest BCUT2D eigenvalue weighted by molar-refractivity contribution is 5.96. The first-order valence-corrected chi connectivity index (χ1v) is 10.8. The lowest BCUT2D eigenvalue weighted by atomic mass is 10.1. The molecule has 0 atom stereocenters. The van der Waals surface area contributed by atoms with E-state index in [-0.39, 0.29) is 23.3 Å². The van der Waals surface area contributed by atoms with Crippen molar-refractivity contribution in [2.45, 2.75) is 0 Å². The molecule has 2 amide bonds. The van der Waals surface area contributed by atoms with E-state index in [1.54, 1.807) is 82.9 Å². The SMILES string of the molecule is O=C(c1ccncc1)N1CCN(C(=O)c2cccc(Oc3n[nH]c(=O)c4ccccc34)c2)CC1. The summed E-state index contributed by atoms with van der Waals surface area (Å²) in [6.07, 6.45) is 3.18. The maximum atomic E-state index is 13.1. The van der Waals surface area contributed by atoms with E-state index in [9.17, 15) is 14.4 Å². The molecule has 0 saturated carbocycles. The van der Waals surface area contributed by atoms with Crippen molar-refractivity contribution in [1.29, 1.82) is 0 Å². The molecular formula is C25H21N5O4. The smallest absolute Gasteiger partial charge is 0.272 e. The standard InChI is InChI=1S/C25H21N5O4/c31-22-20-6-1-2-7-21(20)23(28-27-22)34-19-5-3-4-18(16-19)25(33)30-14-12-29(13-15-30)24(32)17-8-10-26-11-9-17/h1-11,16H,12-15H2,(H,27,31). The highest BCUT2D eigenvalue weighted by Crippen LogP contribution is 2.26. The van der Waals surface area contributed by atoms with Gasteiger partial charge in [-0.15, -0.1) is 5.10 Å². The third-order valence-corrected chi connectivity index (χ3v) is 5.74. The highest BCUT2D eigenvalue weighted by atomic mass is 16.5. The molecule has 1 aliphatic heterocycles. The Morgan fingerprint density at radius 2 is 1.44 bits per heavy atom. The number of rotatable bonds is 4. The molecule has 5 rings (SSSR count). The Hall–Kier alpha value is -4.53. The maximum absolute atomic E-state index is 13.1. The van der Waals surface area contributed by atoms with Crippen LogP contribution in [0.1, 0.15) is 20.7 Å². The van der Waals surface area contributed by atoms with E-state index in [1.807, 2.05) is 0 Å². The number of fused-ring (bicyclic) bond motifs is 1. The van der Waals surface area contributed by atoms with Gasteiger partial charge in [-0.1, -0.05) is 18.2 Å². The Morgan fingerprint density at radius 1 is 0.794 bits per heavy atom. The minimum atomic E-state index is -0.298. The van der Waals surface area contributed by atoms with Gasteiger partial charge in [0.25, 0.3) is 17.4 Å². The summed E-state index contributed by atoms with van der Waals surface area (Å²) < 4.78 is 5.91. The van der Waals surface area contributed by atoms with Gasteiger partial charge >= 0.3 is 0 Å². The summed E-state index contributed by atoms with van der Waals surface area (Å²) in [4.78, 5) is 45.1. The molecule has 1 fully saturated rings. The van der Waals surface area contributed by atoms with Crippen LogP contribution in [0.15, 0.2) is 77.9 Å². The van der Waals surface area contributed by atoms with Crippen LogP contribution in [0, 0.1) is 0 Å². The van der Waals surface area contributed by atoms with Gasteiger partial charge in [0.15, 0.2) is 0 Å². The monoisotopic (exact) mass is 455 g/mol. The molecule has 9 heteroatoms. The summed E-state index contributed by atoms with van der Waals surface area (Å²) >= 11 is 0. The summed E-state index contributed by atoms with van der Waals surface area (Å²) in [5, 5.41) is 7.51. The van der Waals surface area contributed by atoms with Gasteiger partial charge in [0.05, 0.1) is 10.8 Å². The number of H-pyrrole nitrogens is 1.